The molecule has 2 aromatic carbocycles. The summed E-state index contributed by atoms with van der Waals surface area (Å²) in [5.41, 5.74) is 5.99. The van der Waals surface area contributed by atoms with Gasteiger partial charge in [0.15, 0.2) is 5.75 Å². The van der Waals surface area contributed by atoms with E-state index < -0.39 is 23.5 Å². The van der Waals surface area contributed by atoms with Gasteiger partial charge < -0.3 is 20.5 Å². The number of carboxylic acid groups (broad SMARTS) is 1. The number of piperazine rings is 1. The summed E-state index contributed by atoms with van der Waals surface area (Å²) in [4.78, 5) is 28.1. The number of rotatable bonds is 4. The van der Waals surface area contributed by atoms with Crippen LogP contribution in [0.4, 0.5) is 13.8 Å². The lowest BCUT2D eigenvalue weighted by molar-refractivity contribution is -0.137. The van der Waals surface area contributed by atoms with Crippen molar-refractivity contribution < 1.29 is 28.2 Å². The summed E-state index contributed by atoms with van der Waals surface area (Å²) in [7, 11) is 0. The Labute approximate surface area is 219 Å². The zero-order valence-electron chi connectivity index (χ0n) is 19.4. The summed E-state index contributed by atoms with van der Waals surface area (Å²) in [5, 5.41) is 18.7. The van der Waals surface area contributed by atoms with Gasteiger partial charge in [0, 0.05) is 49.6 Å². The molecule has 12 heteroatoms. The third-order valence-electron chi connectivity index (χ3n) is 6.77. The Balaban J connectivity index is 1.56. The fraction of sp³-hybridized carbons (Fsp3) is 0.320. The number of nitrogens with two attached hydrogens (primary N) is 1. The standard InChI is InChI=1S/C25H21ClF2N4O4S/c26-21-20(13-1-2-16(27)23-19(13)15(10-29)24(30)37-23)17(28)9-14-22(21)36-8-4-12-11-31(5-3-18(33)34)6-7-32(12)25(14)35/h1-2,9,12H,3-8,11,30H2,(H,33,34)/t12-/m0/s1. The number of carboxylic acids is 1. The van der Waals surface area contributed by atoms with Crippen LogP contribution in [0.2, 0.25) is 5.02 Å². The lowest BCUT2D eigenvalue weighted by Gasteiger charge is -2.42. The van der Waals surface area contributed by atoms with Gasteiger partial charge in [0.1, 0.15) is 22.7 Å². The predicted molar refractivity (Wildman–Crippen MR) is 135 cm³/mol. The molecule has 8 nitrogen and oxygen atoms in total. The van der Waals surface area contributed by atoms with Crippen LogP contribution < -0.4 is 10.5 Å². The second-order valence-corrected chi connectivity index (χ2v) is 10.3. The van der Waals surface area contributed by atoms with E-state index in [-0.39, 0.29) is 67.2 Å². The van der Waals surface area contributed by atoms with E-state index in [1.54, 1.807) is 4.90 Å². The van der Waals surface area contributed by atoms with E-state index in [2.05, 4.69) is 0 Å². The van der Waals surface area contributed by atoms with E-state index >= 15 is 4.39 Å². The fourth-order valence-corrected chi connectivity index (χ4v) is 6.30. The zero-order chi connectivity index (χ0) is 26.4. The van der Waals surface area contributed by atoms with Crippen LogP contribution in [0.25, 0.3) is 21.2 Å². The minimum absolute atomic E-state index is 0.00352. The van der Waals surface area contributed by atoms with Crippen molar-refractivity contribution in [3.63, 3.8) is 0 Å². The number of amides is 1. The van der Waals surface area contributed by atoms with Crippen molar-refractivity contribution in [2.75, 3.05) is 38.5 Å². The first-order valence-corrected chi connectivity index (χ1v) is 12.7. The molecule has 1 amide bonds. The molecule has 1 aromatic heterocycles. The molecule has 3 heterocycles. The molecular weight excluding hydrogens is 526 g/mol. The van der Waals surface area contributed by atoms with Crippen LogP contribution in [0.5, 0.6) is 5.75 Å². The third kappa shape index (κ3) is 4.35. The van der Waals surface area contributed by atoms with E-state index in [9.17, 15) is 19.2 Å². The lowest BCUT2D eigenvalue weighted by Crippen LogP contribution is -2.56. The van der Waals surface area contributed by atoms with Gasteiger partial charge in [-0.15, -0.1) is 11.3 Å². The molecule has 0 unspecified atom stereocenters. The van der Waals surface area contributed by atoms with Gasteiger partial charge in [-0.1, -0.05) is 17.7 Å². The highest BCUT2D eigenvalue weighted by molar-refractivity contribution is 7.23. The molecular formula is C25H21ClF2N4O4S. The maximum atomic E-state index is 15.7. The summed E-state index contributed by atoms with van der Waals surface area (Å²) in [6.07, 6.45) is 0.474. The van der Waals surface area contributed by atoms with Crippen molar-refractivity contribution in [3.05, 3.63) is 46.0 Å². The van der Waals surface area contributed by atoms with E-state index in [0.717, 1.165) is 23.5 Å². The molecule has 0 radical (unpaired) electrons. The zero-order valence-corrected chi connectivity index (χ0v) is 21.0. The SMILES string of the molecule is N#Cc1c(N)sc2c(F)ccc(-c3c(F)cc4c(c3Cl)OCC[C@H]3CN(CCC(=O)O)CCN3C4=O)c12. The van der Waals surface area contributed by atoms with Crippen LogP contribution in [-0.2, 0) is 4.79 Å². The van der Waals surface area contributed by atoms with Gasteiger partial charge in [-0.25, -0.2) is 8.78 Å². The van der Waals surface area contributed by atoms with Crippen LogP contribution in [0.1, 0.15) is 28.8 Å². The molecule has 0 saturated carbocycles. The quantitative estimate of drug-likeness (QED) is 0.499. The Morgan fingerprint density at radius 3 is 2.81 bits per heavy atom. The second-order valence-electron chi connectivity index (χ2n) is 8.91. The lowest BCUT2D eigenvalue weighted by atomic mass is 9.95. The average Bonchev–Trinajstić information content (AvgIpc) is 3.20. The van der Waals surface area contributed by atoms with Crippen molar-refractivity contribution >= 4 is 49.9 Å². The van der Waals surface area contributed by atoms with Crippen molar-refractivity contribution in [2.24, 2.45) is 0 Å². The van der Waals surface area contributed by atoms with Crippen LogP contribution in [0.15, 0.2) is 18.2 Å². The number of nitriles is 1. The molecule has 192 valence electrons. The Morgan fingerprint density at radius 1 is 1.30 bits per heavy atom. The summed E-state index contributed by atoms with van der Waals surface area (Å²) in [5.74, 6) is -2.72. The minimum Gasteiger partial charge on any atom is -0.491 e. The van der Waals surface area contributed by atoms with E-state index in [1.165, 1.54) is 6.07 Å². The summed E-state index contributed by atoms with van der Waals surface area (Å²) in [6, 6.07) is 5.28. The number of nitrogens with zero attached hydrogens (tertiary/aromatic N) is 3. The molecule has 2 aliphatic rings. The molecule has 1 atom stereocenters. The summed E-state index contributed by atoms with van der Waals surface area (Å²) in [6.45, 7) is 1.88. The van der Waals surface area contributed by atoms with Gasteiger partial charge in [0.05, 0.1) is 33.9 Å². The van der Waals surface area contributed by atoms with Crippen molar-refractivity contribution in [1.82, 2.24) is 9.80 Å². The Bertz CT molecular complexity index is 1490. The maximum Gasteiger partial charge on any atom is 0.304 e. The number of benzene rings is 2. The van der Waals surface area contributed by atoms with Crippen LogP contribution in [0, 0.1) is 23.0 Å². The molecule has 2 aliphatic heterocycles. The second kappa shape index (κ2) is 9.78. The Morgan fingerprint density at radius 2 is 2.08 bits per heavy atom. The number of hydrogen-bond acceptors (Lipinski definition) is 7. The normalized spacial score (nSPS) is 17.9. The highest BCUT2D eigenvalue weighted by atomic mass is 35.5. The molecule has 37 heavy (non-hydrogen) atoms. The number of aliphatic carboxylic acids is 1. The van der Waals surface area contributed by atoms with Gasteiger partial charge in [-0.2, -0.15) is 5.26 Å². The number of fused-ring (bicyclic) bond motifs is 3. The number of ether oxygens (including phenoxy) is 1. The first-order valence-electron chi connectivity index (χ1n) is 11.5. The van der Waals surface area contributed by atoms with E-state index in [0.29, 0.717) is 32.6 Å². The monoisotopic (exact) mass is 546 g/mol. The van der Waals surface area contributed by atoms with Gasteiger partial charge in [0.25, 0.3) is 5.91 Å². The van der Waals surface area contributed by atoms with Crippen molar-refractivity contribution in [3.8, 4) is 22.9 Å². The fourth-order valence-electron chi connectivity index (χ4n) is 5.00. The molecule has 3 N–H and O–H groups in total. The number of anilines is 1. The molecule has 0 bridgehead atoms. The number of thiophene rings is 1. The van der Waals surface area contributed by atoms with E-state index in [1.807, 2.05) is 11.0 Å². The molecule has 0 aliphatic carbocycles. The molecule has 5 rings (SSSR count). The number of hydrogen-bond donors (Lipinski definition) is 2. The molecule has 3 aromatic rings. The van der Waals surface area contributed by atoms with Crippen molar-refractivity contribution in [1.29, 1.82) is 5.26 Å². The average molecular weight is 547 g/mol. The van der Waals surface area contributed by atoms with Gasteiger partial charge in [0.2, 0.25) is 0 Å². The van der Waals surface area contributed by atoms with E-state index in [4.69, 9.17) is 27.2 Å². The van der Waals surface area contributed by atoms with Gasteiger partial charge in [-0.3, -0.25) is 14.5 Å². The van der Waals surface area contributed by atoms with Crippen molar-refractivity contribution in [2.45, 2.75) is 18.9 Å². The highest BCUT2D eigenvalue weighted by Gasteiger charge is 2.36. The smallest absolute Gasteiger partial charge is 0.304 e. The maximum absolute atomic E-state index is 15.7. The Kier molecular flexibility index (Phi) is 6.66. The number of carbonyl (C=O) groups excluding carboxylic acids is 1. The van der Waals surface area contributed by atoms with Crippen LogP contribution in [-0.4, -0.2) is 65.6 Å². The van der Waals surface area contributed by atoms with Gasteiger partial charge in [-0.05, 0) is 17.7 Å². The largest absolute Gasteiger partial charge is 0.491 e. The van der Waals surface area contributed by atoms with Crippen LogP contribution >= 0.6 is 22.9 Å². The predicted octanol–water partition coefficient (Wildman–Crippen LogP) is 4.34. The minimum atomic E-state index is -0.889. The number of nitrogen functional groups attached to an aromatic ring is 1. The molecule has 1 saturated heterocycles. The third-order valence-corrected chi connectivity index (χ3v) is 8.16. The highest BCUT2D eigenvalue weighted by Crippen LogP contribution is 2.47. The first kappa shape index (κ1) is 25.2. The molecule has 1 fully saturated rings. The summed E-state index contributed by atoms with van der Waals surface area (Å²) >= 11 is 7.55. The number of halogens is 3. The number of carbonyl (C=O) groups is 2. The first-order chi connectivity index (χ1) is 17.7. The molecule has 0 spiro atoms. The topological polar surface area (TPSA) is 120 Å². The summed E-state index contributed by atoms with van der Waals surface area (Å²) < 4.78 is 36.2. The van der Waals surface area contributed by atoms with Crippen LogP contribution in [0.3, 0.4) is 0 Å². The van der Waals surface area contributed by atoms with Gasteiger partial charge >= 0.3 is 5.97 Å². The Hall–Kier alpha value is -3.46.